The van der Waals surface area contributed by atoms with Crippen molar-refractivity contribution in [3.05, 3.63) is 28.2 Å². The maximum Gasteiger partial charge on any atom is 0.303 e. The number of carboxylic acids is 1. The largest absolute Gasteiger partial charge is 0.507 e. The van der Waals surface area contributed by atoms with Crippen molar-refractivity contribution in [3.63, 3.8) is 0 Å². The Kier molecular flexibility index (Phi) is 5.22. The first-order valence-electron chi connectivity index (χ1n) is 6.97. The molecule has 0 aliphatic carbocycles. The number of phenols is 1. The molecule has 1 heterocycles. The molecule has 0 atom stereocenters. The van der Waals surface area contributed by atoms with Gasteiger partial charge in [0.1, 0.15) is 5.75 Å². The summed E-state index contributed by atoms with van der Waals surface area (Å²) in [5.41, 5.74) is 0.299. The van der Waals surface area contributed by atoms with Gasteiger partial charge in [0.25, 0.3) is 5.91 Å². The smallest absolute Gasteiger partial charge is 0.303 e. The number of carbonyl (C=O) groups is 2. The van der Waals surface area contributed by atoms with E-state index in [2.05, 4.69) is 15.9 Å². The zero-order valence-electron chi connectivity index (χ0n) is 11.6. The highest BCUT2D eigenvalue weighted by molar-refractivity contribution is 9.10. The quantitative estimate of drug-likeness (QED) is 0.870. The Morgan fingerprint density at radius 3 is 2.57 bits per heavy atom. The summed E-state index contributed by atoms with van der Waals surface area (Å²) in [6.45, 7) is 1.21. The molecule has 6 heteroatoms. The molecule has 1 aromatic rings. The van der Waals surface area contributed by atoms with Gasteiger partial charge in [-0.15, -0.1) is 0 Å². The molecule has 1 aromatic carbocycles. The molecule has 0 aromatic heterocycles. The van der Waals surface area contributed by atoms with Gasteiger partial charge in [-0.05, 0) is 43.4 Å². The van der Waals surface area contributed by atoms with E-state index < -0.39 is 5.97 Å². The van der Waals surface area contributed by atoms with Crippen LogP contribution in [0.25, 0.3) is 0 Å². The van der Waals surface area contributed by atoms with Gasteiger partial charge in [-0.2, -0.15) is 0 Å². The lowest BCUT2D eigenvalue weighted by molar-refractivity contribution is -0.137. The molecule has 0 radical (unpaired) electrons. The predicted molar refractivity (Wildman–Crippen MR) is 81.3 cm³/mol. The normalized spacial score (nSPS) is 16.0. The molecule has 5 nitrogen and oxygen atoms in total. The molecular formula is C15H18BrNO4. The van der Waals surface area contributed by atoms with Gasteiger partial charge in [0.05, 0.1) is 5.56 Å². The summed E-state index contributed by atoms with van der Waals surface area (Å²) in [4.78, 5) is 24.7. The molecule has 1 fully saturated rings. The average Bonchev–Trinajstić information content (AvgIpc) is 2.47. The van der Waals surface area contributed by atoms with E-state index in [1.165, 1.54) is 6.07 Å². The third-order valence-corrected chi connectivity index (χ3v) is 4.35. The molecule has 1 aliphatic rings. The minimum absolute atomic E-state index is 0.0174. The molecular weight excluding hydrogens is 338 g/mol. The number of hydrogen-bond acceptors (Lipinski definition) is 3. The van der Waals surface area contributed by atoms with Gasteiger partial charge in [-0.25, -0.2) is 0 Å². The molecule has 2 rings (SSSR count). The van der Waals surface area contributed by atoms with Gasteiger partial charge < -0.3 is 15.1 Å². The zero-order chi connectivity index (χ0) is 15.4. The molecule has 1 saturated heterocycles. The topological polar surface area (TPSA) is 77.8 Å². The van der Waals surface area contributed by atoms with E-state index in [1.807, 2.05) is 0 Å². The maximum absolute atomic E-state index is 12.4. The first-order valence-corrected chi connectivity index (χ1v) is 7.76. The third kappa shape index (κ3) is 4.20. The van der Waals surface area contributed by atoms with Crippen LogP contribution in [0.15, 0.2) is 22.7 Å². The highest BCUT2D eigenvalue weighted by Gasteiger charge is 2.25. The number of aliphatic carboxylic acids is 1. The summed E-state index contributed by atoms with van der Waals surface area (Å²) in [5, 5.41) is 18.5. The molecule has 21 heavy (non-hydrogen) atoms. The Morgan fingerprint density at radius 1 is 1.29 bits per heavy atom. The Morgan fingerprint density at radius 2 is 1.95 bits per heavy atom. The number of amides is 1. The van der Waals surface area contributed by atoms with E-state index >= 15 is 0 Å². The van der Waals surface area contributed by atoms with E-state index in [-0.39, 0.29) is 18.1 Å². The van der Waals surface area contributed by atoms with Crippen molar-refractivity contribution in [2.75, 3.05) is 13.1 Å². The average molecular weight is 356 g/mol. The second kappa shape index (κ2) is 6.93. The predicted octanol–water partition coefficient (Wildman–Crippen LogP) is 2.87. The second-order valence-electron chi connectivity index (χ2n) is 5.33. The number of halogens is 1. The van der Waals surface area contributed by atoms with Gasteiger partial charge >= 0.3 is 5.97 Å². The lowest BCUT2D eigenvalue weighted by Gasteiger charge is -2.32. The number of rotatable bonds is 4. The Bertz CT molecular complexity index is 538. The van der Waals surface area contributed by atoms with Gasteiger partial charge in [0.15, 0.2) is 0 Å². The summed E-state index contributed by atoms with van der Waals surface area (Å²) in [6, 6.07) is 4.80. The molecule has 1 amide bonds. The standard InChI is InChI=1S/C15H18BrNO4/c16-11-2-3-13(18)12(9-11)15(21)17-7-5-10(6-8-17)1-4-14(19)20/h2-3,9-10,18H,1,4-8H2,(H,19,20). The van der Waals surface area contributed by atoms with E-state index in [0.29, 0.717) is 31.0 Å². The van der Waals surface area contributed by atoms with Crippen molar-refractivity contribution >= 4 is 27.8 Å². The van der Waals surface area contributed by atoms with E-state index in [1.54, 1.807) is 17.0 Å². The van der Waals surface area contributed by atoms with Crippen LogP contribution in [0, 0.1) is 5.92 Å². The van der Waals surface area contributed by atoms with Gasteiger partial charge in [0, 0.05) is 24.0 Å². The van der Waals surface area contributed by atoms with Gasteiger partial charge in [-0.1, -0.05) is 15.9 Å². The van der Waals surface area contributed by atoms with Gasteiger partial charge in [0.2, 0.25) is 0 Å². The van der Waals surface area contributed by atoms with Crippen molar-refractivity contribution < 1.29 is 19.8 Å². The summed E-state index contributed by atoms with van der Waals surface area (Å²) < 4.78 is 0.750. The fraction of sp³-hybridized carbons (Fsp3) is 0.467. The number of aromatic hydroxyl groups is 1. The van der Waals surface area contributed by atoms with Crippen LogP contribution in [-0.4, -0.2) is 40.1 Å². The van der Waals surface area contributed by atoms with Crippen molar-refractivity contribution in [1.29, 1.82) is 0 Å². The van der Waals surface area contributed by atoms with Crippen LogP contribution in [0.5, 0.6) is 5.75 Å². The lowest BCUT2D eigenvalue weighted by atomic mass is 9.92. The van der Waals surface area contributed by atoms with Crippen LogP contribution in [-0.2, 0) is 4.79 Å². The van der Waals surface area contributed by atoms with E-state index in [9.17, 15) is 14.7 Å². The SMILES string of the molecule is O=C(O)CCC1CCN(C(=O)c2cc(Br)ccc2O)CC1. The Hall–Kier alpha value is -1.56. The van der Waals surface area contributed by atoms with Crippen molar-refractivity contribution in [2.45, 2.75) is 25.7 Å². The number of piperidine rings is 1. The number of benzene rings is 1. The first-order chi connectivity index (χ1) is 9.97. The molecule has 114 valence electrons. The third-order valence-electron chi connectivity index (χ3n) is 3.86. The van der Waals surface area contributed by atoms with Crippen LogP contribution >= 0.6 is 15.9 Å². The van der Waals surface area contributed by atoms with Crippen LogP contribution in [0.1, 0.15) is 36.0 Å². The van der Waals surface area contributed by atoms with Crippen molar-refractivity contribution in [3.8, 4) is 5.75 Å². The molecule has 0 saturated carbocycles. The molecule has 0 bridgehead atoms. The maximum atomic E-state index is 12.4. The summed E-state index contributed by atoms with van der Waals surface area (Å²) in [5.74, 6) is -0.601. The Balaban J connectivity index is 1.94. The highest BCUT2D eigenvalue weighted by atomic mass is 79.9. The number of carboxylic acid groups (broad SMARTS) is 1. The fourth-order valence-electron chi connectivity index (χ4n) is 2.60. The highest BCUT2D eigenvalue weighted by Crippen LogP contribution is 2.27. The van der Waals surface area contributed by atoms with Crippen LogP contribution in [0.2, 0.25) is 0 Å². The molecule has 2 N–H and O–H groups in total. The summed E-state index contributed by atoms with van der Waals surface area (Å²) in [7, 11) is 0. The van der Waals surface area contributed by atoms with Crippen LogP contribution in [0.4, 0.5) is 0 Å². The van der Waals surface area contributed by atoms with E-state index in [0.717, 1.165) is 17.3 Å². The minimum atomic E-state index is -0.771. The van der Waals surface area contributed by atoms with Crippen molar-refractivity contribution in [1.82, 2.24) is 4.90 Å². The minimum Gasteiger partial charge on any atom is -0.507 e. The number of hydrogen-bond donors (Lipinski definition) is 2. The van der Waals surface area contributed by atoms with E-state index in [4.69, 9.17) is 5.11 Å². The zero-order valence-corrected chi connectivity index (χ0v) is 13.2. The molecule has 1 aliphatic heterocycles. The Labute approximate surface area is 131 Å². The fourth-order valence-corrected chi connectivity index (χ4v) is 2.96. The van der Waals surface area contributed by atoms with Gasteiger partial charge in [-0.3, -0.25) is 9.59 Å². The number of likely N-dealkylation sites (tertiary alicyclic amines) is 1. The second-order valence-corrected chi connectivity index (χ2v) is 6.25. The number of carbonyl (C=O) groups excluding carboxylic acids is 1. The molecule has 0 unspecified atom stereocenters. The van der Waals surface area contributed by atoms with Crippen LogP contribution in [0.3, 0.4) is 0 Å². The monoisotopic (exact) mass is 355 g/mol. The number of nitrogens with zero attached hydrogens (tertiary/aromatic N) is 1. The van der Waals surface area contributed by atoms with Crippen molar-refractivity contribution in [2.24, 2.45) is 5.92 Å². The first kappa shape index (κ1) is 15.8. The summed E-state index contributed by atoms with van der Waals surface area (Å²) in [6.07, 6.45) is 2.48. The molecule has 0 spiro atoms. The number of phenolic OH excluding ortho intramolecular Hbond substituents is 1. The summed E-state index contributed by atoms with van der Waals surface area (Å²) >= 11 is 3.29. The van der Waals surface area contributed by atoms with Crippen LogP contribution < -0.4 is 0 Å². The lowest BCUT2D eigenvalue weighted by Crippen LogP contribution is -2.38.